The first-order chi connectivity index (χ1) is 7.86. The number of hydrogen-bond acceptors (Lipinski definition) is 1. The number of allylic oxidation sites excluding steroid dienone is 2. The van der Waals surface area contributed by atoms with E-state index < -0.39 is 0 Å². The number of rotatable bonds is 1. The summed E-state index contributed by atoms with van der Waals surface area (Å²) in [6.07, 6.45) is 6.13. The number of benzene rings is 1. The van der Waals surface area contributed by atoms with Crippen molar-refractivity contribution in [2.45, 2.75) is 25.7 Å². The molecular weight excluding hydrogens is 198 g/mol. The maximum absolute atomic E-state index is 9.97. The van der Waals surface area contributed by atoms with E-state index in [0.717, 1.165) is 30.4 Å². The molecule has 2 heteroatoms. The molecule has 82 valence electrons. The molecule has 0 spiro atoms. The first-order valence-electron chi connectivity index (χ1n) is 5.84. The van der Waals surface area contributed by atoms with Crippen molar-refractivity contribution in [2.75, 3.05) is 0 Å². The van der Waals surface area contributed by atoms with Gasteiger partial charge in [0.1, 0.15) is 0 Å². The van der Waals surface area contributed by atoms with Gasteiger partial charge in [-0.05, 0) is 30.9 Å². The minimum Gasteiger partial charge on any atom is -0.512 e. The number of aliphatic hydroxyl groups excluding tert-OH is 1. The van der Waals surface area contributed by atoms with Crippen LogP contribution < -0.4 is 0 Å². The van der Waals surface area contributed by atoms with Gasteiger partial charge < -0.3 is 10.1 Å². The van der Waals surface area contributed by atoms with E-state index >= 15 is 0 Å². The van der Waals surface area contributed by atoms with Gasteiger partial charge in [-0.1, -0.05) is 18.2 Å². The summed E-state index contributed by atoms with van der Waals surface area (Å²) in [5.74, 6) is 0.580. The summed E-state index contributed by atoms with van der Waals surface area (Å²) in [5.41, 5.74) is 3.44. The van der Waals surface area contributed by atoms with Crippen molar-refractivity contribution in [1.29, 1.82) is 0 Å². The van der Waals surface area contributed by atoms with Gasteiger partial charge >= 0.3 is 0 Å². The second kappa shape index (κ2) is 3.71. The van der Waals surface area contributed by atoms with Crippen molar-refractivity contribution >= 4 is 16.5 Å². The van der Waals surface area contributed by atoms with Crippen molar-refractivity contribution in [3.8, 4) is 0 Å². The quantitative estimate of drug-likeness (QED) is 0.737. The zero-order chi connectivity index (χ0) is 11.0. The topological polar surface area (TPSA) is 36.0 Å². The highest BCUT2D eigenvalue weighted by Crippen LogP contribution is 2.34. The first-order valence-corrected chi connectivity index (χ1v) is 5.84. The average Bonchev–Trinajstić information content (AvgIpc) is 2.74. The molecule has 2 aromatic rings. The van der Waals surface area contributed by atoms with Crippen LogP contribution in [-0.4, -0.2) is 10.1 Å². The van der Waals surface area contributed by atoms with Gasteiger partial charge in [0, 0.05) is 29.1 Å². The number of aromatic amines is 1. The zero-order valence-corrected chi connectivity index (χ0v) is 9.16. The zero-order valence-electron chi connectivity index (χ0n) is 9.16. The van der Waals surface area contributed by atoms with E-state index in [4.69, 9.17) is 0 Å². The molecule has 1 heterocycles. The second-order valence-electron chi connectivity index (χ2n) is 4.38. The second-order valence-corrected chi connectivity index (χ2v) is 4.38. The van der Waals surface area contributed by atoms with Crippen LogP contribution in [0.1, 0.15) is 31.2 Å². The van der Waals surface area contributed by atoms with E-state index in [2.05, 4.69) is 17.1 Å². The monoisotopic (exact) mass is 213 g/mol. The molecule has 1 aliphatic carbocycles. The fourth-order valence-corrected chi connectivity index (χ4v) is 2.50. The summed E-state index contributed by atoms with van der Waals surface area (Å²) >= 11 is 0. The van der Waals surface area contributed by atoms with Crippen LogP contribution >= 0.6 is 0 Å². The Morgan fingerprint density at radius 1 is 1.06 bits per heavy atom. The minimum absolute atomic E-state index is 0.580. The molecule has 0 bridgehead atoms. The summed E-state index contributed by atoms with van der Waals surface area (Å²) in [5, 5.41) is 11.2. The highest BCUT2D eigenvalue weighted by atomic mass is 16.3. The standard InChI is InChI=1S/C14H15NO/c16-14-8-4-2-6-11(14)12-9-15-13-7-3-1-5-10(12)13/h1,3,5,7,9,15-16H,2,4,6,8H2. The van der Waals surface area contributed by atoms with Crippen molar-refractivity contribution < 1.29 is 5.11 Å². The lowest BCUT2D eigenvalue weighted by atomic mass is 9.92. The fourth-order valence-electron chi connectivity index (χ4n) is 2.50. The lowest BCUT2D eigenvalue weighted by Gasteiger charge is -2.15. The van der Waals surface area contributed by atoms with Crippen LogP contribution in [0.3, 0.4) is 0 Å². The Labute approximate surface area is 94.6 Å². The number of hydrogen-bond donors (Lipinski definition) is 2. The van der Waals surface area contributed by atoms with Gasteiger partial charge in [0.15, 0.2) is 0 Å². The molecule has 1 aromatic carbocycles. The predicted molar refractivity (Wildman–Crippen MR) is 66.3 cm³/mol. The molecule has 0 radical (unpaired) electrons. The van der Waals surface area contributed by atoms with Gasteiger partial charge in [-0.25, -0.2) is 0 Å². The maximum Gasteiger partial charge on any atom is 0.0961 e. The van der Waals surface area contributed by atoms with Crippen LogP contribution in [0, 0.1) is 0 Å². The summed E-state index contributed by atoms with van der Waals surface area (Å²) in [6.45, 7) is 0. The fraction of sp³-hybridized carbons (Fsp3) is 0.286. The Balaban J connectivity index is 2.19. The first kappa shape index (κ1) is 9.52. The Morgan fingerprint density at radius 3 is 2.75 bits per heavy atom. The number of para-hydroxylation sites is 1. The molecule has 1 aromatic heterocycles. The Kier molecular flexibility index (Phi) is 2.21. The van der Waals surface area contributed by atoms with Gasteiger partial charge in [-0.3, -0.25) is 0 Å². The van der Waals surface area contributed by atoms with Crippen LogP contribution in [0.4, 0.5) is 0 Å². The largest absolute Gasteiger partial charge is 0.512 e. The molecule has 2 nitrogen and oxygen atoms in total. The third kappa shape index (κ3) is 1.42. The number of aromatic nitrogens is 1. The predicted octanol–water partition coefficient (Wildman–Crippen LogP) is 4.01. The third-order valence-corrected chi connectivity index (χ3v) is 3.35. The highest BCUT2D eigenvalue weighted by molar-refractivity contribution is 5.93. The Bertz CT molecular complexity index is 551. The van der Waals surface area contributed by atoms with Crippen molar-refractivity contribution in [3.05, 3.63) is 41.8 Å². The number of fused-ring (bicyclic) bond motifs is 1. The molecule has 16 heavy (non-hydrogen) atoms. The van der Waals surface area contributed by atoms with Gasteiger partial charge in [0.2, 0.25) is 0 Å². The molecule has 0 aliphatic heterocycles. The van der Waals surface area contributed by atoms with Crippen LogP contribution in [0.15, 0.2) is 36.2 Å². The maximum atomic E-state index is 9.97. The summed E-state index contributed by atoms with van der Waals surface area (Å²) < 4.78 is 0. The molecule has 0 saturated carbocycles. The molecule has 0 amide bonds. The molecule has 3 rings (SSSR count). The molecule has 0 unspecified atom stereocenters. The van der Waals surface area contributed by atoms with E-state index in [9.17, 15) is 5.11 Å². The van der Waals surface area contributed by atoms with Gasteiger partial charge in [-0.2, -0.15) is 0 Å². The van der Waals surface area contributed by atoms with Crippen molar-refractivity contribution in [2.24, 2.45) is 0 Å². The molecule has 0 atom stereocenters. The molecule has 1 aliphatic rings. The van der Waals surface area contributed by atoms with Crippen molar-refractivity contribution in [1.82, 2.24) is 4.98 Å². The molecule has 2 N–H and O–H groups in total. The number of H-pyrrole nitrogens is 1. The minimum atomic E-state index is 0.580. The van der Waals surface area contributed by atoms with E-state index in [1.54, 1.807) is 0 Å². The molecule has 0 saturated heterocycles. The van der Waals surface area contributed by atoms with Crippen LogP contribution in [-0.2, 0) is 0 Å². The van der Waals surface area contributed by atoms with Crippen molar-refractivity contribution in [3.63, 3.8) is 0 Å². The van der Waals surface area contributed by atoms with E-state index in [-0.39, 0.29) is 0 Å². The average molecular weight is 213 g/mol. The lowest BCUT2D eigenvalue weighted by molar-refractivity contribution is 0.374. The highest BCUT2D eigenvalue weighted by Gasteiger charge is 2.16. The normalized spacial score (nSPS) is 17.0. The van der Waals surface area contributed by atoms with E-state index in [0.29, 0.717) is 5.76 Å². The third-order valence-electron chi connectivity index (χ3n) is 3.35. The van der Waals surface area contributed by atoms with Gasteiger partial charge in [0.25, 0.3) is 0 Å². The van der Waals surface area contributed by atoms with Crippen LogP contribution in [0.25, 0.3) is 16.5 Å². The summed E-state index contributed by atoms with van der Waals surface area (Å²) in [6, 6.07) is 8.24. The number of aliphatic hydroxyl groups is 1. The number of nitrogens with one attached hydrogen (secondary N) is 1. The SMILES string of the molecule is OC1=C(c2c[nH]c3ccccc23)CCCC1. The summed E-state index contributed by atoms with van der Waals surface area (Å²) in [7, 11) is 0. The van der Waals surface area contributed by atoms with Crippen LogP contribution in [0.5, 0.6) is 0 Å². The molecule has 0 fully saturated rings. The van der Waals surface area contributed by atoms with Gasteiger partial charge in [0.05, 0.1) is 5.76 Å². The Morgan fingerprint density at radius 2 is 1.88 bits per heavy atom. The van der Waals surface area contributed by atoms with Gasteiger partial charge in [-0.15, -0.1) is 0 Å². The Hall–Kier alpha value is -1.70. The van der Waals surface area contributed by atoms with E-state index in [1.165, 1.54) is 17.4 Å². The van der Waals surface area contributed by atoms with E-state index in [1.807, 2.05) is 18.3 Å². The summed E-state index contributed by atoms with van der Waals surface area (Å²) in [4.78, 5) is 3.26. The smallest absolute Gasteiger partial charge is 0.0961 e. The van der Waals surface area contributed by atoms with Crippen LogP contribution in [0.2, 0.25) is 0 Å². The lowest BCUT2D eigenvalue weighted by Crippen LogP contribution is -1.98. The molecular formula is C14H15NO.